The van der Waals surface area contributed by atoms with Gasteiger partial charge in [0.25, 0.3) is 0 Å². The van der Waals surface area contributed by atoms with Crippen LogP contribution in [0.4, 0.5) is 5.13 Å². The van der Waals surface area contributed by atoms with Gasteiger partial charge in [0, 0.05) is 10.9 Å². The maximum Gasteiger partial charge on any atom is 0.246 e. The normalized spacial score (nSPS) is 10.7. The molecule has 2 rings (SSSR count). The standard InChI is InChI=1S/C13H14N4O3S/c1-20-10-4-2-3-8(12(10)19)6-15-17-11(18)5-9-7-21-13(14)16-9/h2-4,6-7,19H,5H2,1H3,(H2,14,16)(H,17,18)/b15-6+. The first kappa shape index (κ1) is 14.8. The molecular formula is C13H14N4O3S. The number of carbonyl (C=O) groups excluding carboxylic acids is 1. The zero-order valence-corrected chi connectivity index (χ0v) is 12.1. The van der Waals surface area contributed by atoms with E-state index in [1.54, 1.807) is 23.6 Å². The molecule has 21 heavy (non-hydrogen) atoms. The second-order valence-corrected chi connectivity index (χ2v) is 4.93. The summed E-state index contributed by atoms with van der Waals surface area (Å²) in [5.41, 5.74) is 8.87. The predicted octanol–water partition coefficient (Wildman–Crippen LogP) is 1.13. The van der Waals surface area contributed by atoms with Crippen LogP contribution in [-0.2, 0) is 11.2 Å². The quantitative estimate of drug-likeness (QED) is 0.566. The number of amides is 1. The molecule has 110 valence electrons. The molecule has 0 aliphatic rings. The molecular weight excluding hydrogens is 292 g/mol. The van der Waals surface area contributed by atoms with Gasteiger partial charge in [0.05, 0.1) is 25.4 Å². The fraction of sp³-hybridized carbons (Fsp3) is 0.154. The molecule has 0 atom stereocenters. The number of nitrogens with two attached hydrogens (primary N) is 1. The fourth-order valence-electron chi connectivity index (χ4n) is 1.59. The van der Waals surface area contributed by atoms with E-state index in [-0.39, 0.29) is 18.1 Å². The van der Waals surface area contributed by atoms with Gasteiger partial charge in [0.1, 0.15) is 0 Å². The van der Waals surface area contributed by atoms with Crippen molar-refractivity contribution in [2.45, 2.75) is 6.42 Å². The minimum absolute atomic E-state index is 0.0368. The van der Waals surface area contributed by atoms with Crippen LogP contribution < -0.4 is 15.9 Å². The molecule has 0 radical (unpaired) electrons. The third-order valence-corrected chi connectivity index (χ3v) is 3.28. The summed E-state index contributed by atoms with van der Waals surface area (Å²) in [4.78, 5) is 15.6. The van der Waals surface area contributed by atoms with E-state index >= 15 is 0 Å². The van der Waals surface area contributed by atoms with E-state index in [1.165, 1.54) is 24.7 Å². The van der Waals surface area contributed by atoms with Gasteiger partial charge < -0.3 is 15.6 Å². The lowest BCUT2D eigenvalue weighted by atomic mass is 10.2. The number of anilines is 1. The Morgan fingerprint density at radius 1 is 1.62 bits per heavy atom. The van der Waals surface area contributed by atoms with E-state index in [0.29, 0.717) is 22.1 Å². The Morgan fingerprint density at radius 3 is 3.10 bits per heavy atom. The summed E-state index contributed by atoms with van der Waals surface area (Å²) in [5, 5.41) is 15.8. The predicted molar refractivity (Wildman–Crippen MR) is 80.6 cm³/mol. The number of benzene rings is 1. The molecule has 0 aliphatic carbocycles. The lowest BCUT2D eigenvalue weighted by molar-refractivity contribution is -0.120. The van der Waals surface area contributed by atoms with Crippen LogP contribution in [0.3, 0.4) is 0 Å². The third-order valence-electron chi connectivity index (χ3n) is 2.55. The number of para-hydroxylation sites is 1. The van der Waals surface area contributed by atoms with Crippen LogP contribution in [0.5, 0.6) is 11.5 Å². The molecule has 1 heterocycles. The lowest BCUT2D eigenvalue weighted by Crippen LogP contribution is -2.19. The highest BCUT2D eigenvalue weighted by molar-refractivity contribution is 7.13. The number of ether oxygens (including phenoxy) is 1. The second kappa shape index (κ2) is 6.71. The molecule has 4 N–H and O–H groups in total. The Kier molecular flexibility index (Phi) is 4.72. The van der Waals surface area contributed by atoms with Gasteiger partial charge in [0.15, 0.2) is 16.6 Å². The summed E-state index contributed by atoms with van der Waals surface area (Å²) in [6, 6.07) is 4.98. The van der Waals surface area contributed by atoms with Crippen molar-refractivity contribution in [2.24, 2.45) is 5.10 Å². The number of nitrogen functional groups attached to an aromatic ring is 1. The first-order valence-electron chi connectivity index (χ1n) is 5.98. The lowest BCUT2D eigenvalue weighted by Gasteiger charge is -2.04. The molecule has 0 spiro atoms. The van der Waals surface area contributed by atoms with Gasteiger partial charge >= 0.3 is 0 Å². The van der Waals surface area contributed by atoms with E-state index in [9.17, 15) is 9.90 Å². The molecule has 0 unspecified atom stereocenters. The fourth-order valence-corrected chi connectivity index (χ4v) is 2.15. The van der Waals surface area contributed by atoms with E-state index in [2.05, 4.69) is 15.5 Å². The highest BCUT2D eigenvalue weighted by Crippen LogP contribution is 2.27. The molecule has 0 bridgehead atoms. The number of thiazole rings is 1. The van der Waals surface area contributed by atoms with E-state index in [0.717, 1.165) is 0 Å². The van der Waals surface area contributed by atoms with Gasteiger partial charge in [-0.15, -0.1) is 11.3 Å². The van der Waals surface area contributed by atoms with Crippen molar-refractivity contribution < 1.29 is 14.6 Å². The average molecular weight is 306 g/mol. The van der Waals surface area contributed by atoms with Gasteiger partial charge in [-0.25, -0.2) is 10.4 Å². The van der Waals surface area contributed by atoms with Crippen molar-refractivity contribution in [1.29, 1.82) is 0 Å². The number of hydrogen-bond acceptors (Lipinski definition) is 7. The largest absolute Gasteiger partial charge is 0.504 e. The maximum absolute atomic E-state index is 11.6. The number of hydrogen-bond donors (Lipinski definition) is 3. The van der Waals surface area contributed by atoms with Crippen LogP contribution in [0.25, 0.3) is 0 Å². The van der Waals surface area contributed by atoms with Crippen molar-refractivity contribution in [2.75, 3.05) is 12.8 Å². The first-order valence-corrected chi connectivity index (χ1v) is 6.86. The smallest absolute Gasteiger partial charge is 0.246 e. The molecule has 1 aromatic heterocycles. The van der Waals surface area contributed by atoms with E-state index < -0.39 is 0 Å². The summed E-state index contributed by atoms with van der Waals surface area (Å²) in [7, 11) is 1.46. The van der Waals surface area contributed by atoms with Crippen molar-refractivity contribution in [3.63, 3.8) is 0 Å². The number of hydrazone groups is 1. The molecule has 7 nitrogen and oxygen atoms in total. The number of phenols is 1. The van der Waals surface area contributed by atoms with Gasteiger partial charge in [-0.3, -0.25) is 4.79 Å². The van der Waals surface area contributed by atoms with Crippen molar-refractivity contribution in [1.82, 2.24) is 10.4 Å². The monoisotopic (exact) mass is 306 g/mol. The van der Waals surface area contributed by atoms with Crippen LogP contribution >= 0.6 is 11.3 Å². The molecule has 0 fully saturated rings. The van der Waals surface area contributed by atoms with Crippen LogP contribution in [-0.4, -0.2) is 29.3 Å². The molecule has 0 aliphatic heterocycles. The van der Waals surface area contributed by atoms with Crippen LogP contribution in [0.1, 0.15) is 11.3 Å². The summed E-state index contributed by atoms with van der Waals surface area (Å²) in [6.07, 6.45) is 1.43. The van der Waals surface area contributed by atoms with Crippen molar-refractivity contribution in [3.05, 3.63) is 34.8 Å². The van der Waals surface area contributed by atoms with E-state index in [1.807, 2.05) is 0 Å². The summed E-state index contributed by atoms with van der Waals surface area (Å²) < 4.78 is 4.98. The number of phenolic OH excluding ortho intramolecular Hbond substituents is 1. The summed E-state index contributed by atoms with van der Waals surface area (Å²) in [5.74, 6) is -0.0209. The van der Waals surface area contributed by atoms with Gasteiger partial charge in [0.2, 0.25) is 5.91 Å². The molecule has 2 aromatic rings. The maximum atomic E-state index is 11.6. The van der Waals surface area contributed by atoms with Gasteiger partial charge in [-0.2, -0.15) is 5.10 Å². The molecule has 1 aromatic carbocycles. The third kappa shape index (κ3) is 3.93. The van der Waals surface area contributed by atoms with Gasteiger partial charge in [-0.1, -0.05) is 6.07 Å². The number of methoxy groups -OCH3 is 1. The zero-order valence-electron chi connectivity index (χ0n) is 11.2. The van der Waals surface area contributed by atoms with Crippen molar-refractivity contribution >= 4 is 28.6 Å². The van der Waals surface area contributed by atoms with Crippen LogP contribution in [0, 0.1) is 0 Å². The SMILES string of the molecule is COc1cccc(/C=N/NC(=O)Cc2csc(N)n2)c1O. The molecule has 1 amide bonds. The second-order valence-electron chi connectivity index (χ2n) is 4.05. The average Bonchev–Trinajstić information content (AvgIpc) is 2.86. The first-order chi connectivity index (χ1) is 10.1. The van der Waals surface area contributed by atoms with Crippen molar-refractivity contribution in [3.8, 4) is 11.5 Å². The van der Waals surface area contributed by atoms with Crippen LogP contribution in [0.15, 0.2) is 28.7 Å². The Morgan fingerprint density at radius 2 is 2.43 bits per heavy atom. The number of aromatic hydroxyl groups is 1. The topological polar surface area (TPSA) is 110 Å². The Bertz CT molecular complexity index is 669. The van der Waals surface area contributed by atoms with Gasteiger partial charge in [-0.05, 0) is 12.1 Å². The number of aromatic nitrogens is 1. The Hall–Kier alpha value is -2.61. The Labute approximate surface area is 125 Å². The molecule has 0 saturated carbocycles. The number of carbonyl (C=O) groups is 1. The number of rotatable bonds is 5. The Balaban J connectivity index is 1.94. The molecule has 8 heteroatoms. The minimum atomic E-state index is -0.320. The highest BCUT2D eigenvalue weighted by Gasteiger charge is 2.07. The molecule has 0 saturated heterocycles. The number of nitrogens with zero attached hydrogens (tertiary/aromatic N) is 2. The summed E-state index contributed by atoms with van der Waals surface area (Å²) in [6.45, 7) is 0. The number of nitrogens with one attached hydrogen (secondary N) is 1. The van der Waals surface area contributed by atoms with E-state index in [4.69, 9.17) is 10.5 Å². The zero-order chi connectivity index (χ0) is 15.2. The highest BCUT2D eigenvalue weighted by atomic mass is 32.1. The van der Waals surface area contributed by atoms with Crippen LogP contribution in [0.2, 0.25) is 0 Å². The minimum Gasteiger partial charge on any atom is -0.504 e. The summed E-state index contributed by atoms with van der Waals surface area (Å²) >= 11 is 1.27.